The molecular formula is C18H33N7O8S. The average molecular weight is 508 g/mol. The summed E-state index contributed by atoms with van der Waals surface area (Å²) < 4.78 is 0. The highest BCUT2D eigenvalue weighted by Crippen LogP contribution is 2.04. The summed E-state index contributed by atoms with van der Waals surface area (Å²) in [5.74, 6) is -5.72. The Balaban J connectivity index is 5.31. The fourth-order valence-electron chi connectivity index (χ4n) is 2.57. The molecule has 0 saturated carbocycles. The van der Waals surface area contributed by atoms with Gasteiger partial charge in [-0.3, -0.25) is 24.2 Å². The van der Waals surface area contributed by atoms with Crippen LogP contribution in [0.15, 0.2) is 4.99 Å². The Bertz CT molecular complexity index is 761. The minimum absolute atomic E-state index is 0.121. The van der Waals surface area contributed by atoms with Crippen molar-refractivity contribution in [2.75, 3.05) is 12.3 Å². The third-order valence-corrected chi connectivity index (χ3v) is 4.81. The van der Waals surface area contributed by atoms with Crippen LogP contribution in [0.25, 0.3) is 0 Å². The van der Waals surface area contributed by atoms with Crippen LogP contribution in [0.2, 0.25) is 0 Å². The van der Waals surface area contributed by atoms with E-state index in [1.54, 1.807) is 0 Å². The minimum Gasteiger partial charge on any atom is -0.481 e. The monoisotopic (exact) mass is 507 g/mol. The molecule has 0 rings (SSSR count). The van der Waals surface area contributed by atoms with Crippen molar-refractivity contribution in [3.8, 4) is 0 Å². The fraction of sp³-hybridized carbons (Fsp3) is 0.667. The SMILES string of the molecule is CC(O)C(NC(=O)C(CCC(=O)O)NC(=O)C(N)CCCN=C(N)N)C(=O)NC(CS)C(=O)O. The Kier molecular flexibility index (Phi) is 14.2. The van der Waals surface area contributed by atoms with Crippen LogP contribution >= 0.6 is 12.6 Å². The summed E-state index contributed by atoms with van der Waals surface area (Å²) in [6.07, 6.45) is -1.76. The van der Waals surface area contributed by atoms with Gasteiger partial charge in [-0.1, -0.05) is 0 Å². The molecule has 0 radical (unpaired) electrons. The molecule has 5 unspecified atom stereocenters. The highest BCUT2D eigenvalue weighted by Gasteiger charge is 2.32. The summed E-state index contributed by atoms with van der Waals surface area (Å²) in [6, 6.07) is -5.43. The van der Waals surface area contributed by atoms with Gasteiger partial charge >= 0.3 is 11.9 Å². The lowest BCUT2D eigenvalue weighted by atomic mass is 10.1. The average Bonchev–Trinajstić information content (AvgIpc) is 2.74. The number of aliphatic hydroxyl groups excluding tert-OH is 1. The van der Waals surface area contributed by atoms with Crippen molar-refractivity contribution in [1.82, 2.24) is 16.0 Å². The third kappa shape index (κ3) is 12.2. The number of nitrogens with two attached hydrogens (primary N) is 3. The van der Waals surface area contributed by atoms with E-state index >= 15 is 0 Å². The van der Waals surface area contributed by atoms with E-state index in [1.807, 2.05) is 0 Å². The molecule has 0 aromatic carbocycles. The Morgan fingerprint density at radius 2 is 1.53 bits per heavy atom. The largest absolute Gasteiger partial charge is 0.481 e. The van der Waals surface area contributed by atoms with Crippen molar-refractivity contribution in [2.24, 2.45) is 22.2 Å². The number of aliphatic hydroxyl groups is 1. The van der Waals surface area contributed by atoms with Gasteiger partial charge in [0.15, 0.2) is 5.96 Å². The van der Waals surface area contributed by atoms with Gasteiger partial charge < -0.3 is 48.5 Å². The summed E-state index contributed by atoms with van der Waals surface area (Å²) in [7, 11) is 0. The van der Waals surface area contributed by atoms with Gasteiger partial charge in [0.1, 0.15) is 18.1 Å². The summed E-state index contributed by atoms with van der Waals surface area (Å²) in [6.45, 7) is 1.40. The van der Waals surface area contributed by atoms with E-state index in [1.165, 1.54) is 6.92 Å². The number of nitrogens with one attached hydrogen (secondary N) is 3. The molecule has 15 nitrogen and oxygen atoms in total. The molecule has 0 aliphatic heterocycles. The first-order valence-corrected chi connectivity index (χ1v) is 10.9. The van der Waals surface area contributed by atoms with Crippen LogP contribution in [0.1, 0.15) is 32.6 Å². The van der Waals surface area contributed by atoms with Crippen molar-refractivity contribution in [1.29, 1.82) is 0 Å². The Morgan fingerprint density at radius 3 is 2.00 bits per heavy atom. The highest BCUT2D eigenvalue weighted by atomic mass is 32.1. The maximum atomic E-state index is 12.7. The van der Waals surface area contributed by atoms with Gasteiger partial charge in [0.2, 0.25) is 17.7 Å². The number of rotatable bonds is 16. The predicted molar refractivity (Wildman–Crippen MR) is 124 cm³/mol. The van der Waals surface area contributed by atoms with Crippen LogP contribution in [0.4, 0.5) is 0 Å². The lowest BCUT2D eigenvalue weighted by Gasteiger charge is -2.26. The van der Waals surface area contributed by atoms with Crippen LogP contribution in [0.3, 0.4) is 0 Å². The molecule has 194 valence electrons. The molecule has 34 heavy (non-hydrogen) atoms. The van der Waals surface area contributed by atoms with Crippen molar-refractivity contribution < 1.29 is 39.3 Å². The van der Waals surface area contributed by atoms with Crippen molar-refractivity contribution in [3.05, 3.63) is 0 Å². The van der Waals surface area contributed by atoms with Crippen LogP contribution in [-0.4, -0.2) is 93.5 Å². The normalized spacial score (nSPS) is 15.1. The molecular weight excluding hydrogens is 474 g/mol. The second-order valence-electron chi connectivity index (χ2n) is 7.36. The van der Waals surface area contributed by atoms with E-state index in [-0.39, 0.29) is 31.1 Å². The molecule has 5 atom stereocenters. The number of amides is 3. The van der Waals surface area contributed by atoms with Gasteiger partial charge in [-0.15, -0.1) is 0 Å². The fourth-order valence-corrected chi connectivity index (χ4v) is 2.82. The number of carboxylic acids is 2. The van der Waals surface area contributed by atoms with E-state index in [0.717, 1.165) is 0 Å². The maximum absolute atomic E-state index is 12.7. The first kappa shape index (κ1) is 30.9. The molecule has 0 saturated heterocycles. The Hall–Kier alpha value is -3.11. The van der Waals surface area contributed by atoms with E-state index in [0.29, 0.717) is 6.42 Å². The molecule has 16 heteroatoms. The Labute approximate surface area is 201 Å². The van der Waals surface area contributed by atoms with E-state index in [4.69, 9.17) is 27.4 Å². The summed E-state index contributed by atoms with van der Waals surface area (Å²) in [5, 5.41) is 34.6. The number of thiol groups is 1. The molecule has 0 aromatic heterocycles. The summed E-state index contributed by atoms with van der Waals surface area (Å²) in [5.41, 5.74) is 16.2. The van der Waals surface area contributed by atoms with Gasteiger partial charge in [-0.05, 0) is 26.2 Å². The Morgan fingerprint density at radius 1 is 0.941 bits per heavy atom. The second kappa shape index (κ2) is 15.7. The van der Waals surface area contributed by atoms with E-state index in [2.05, 4.69) is 33.6 Å². The molecule has 0 fully saturated rings. The van der Waals surface area contributed by atoms with E-state index in [9.17, 15) is 29.1 Å². The lowest BCUT2D eigenvalue weighted by Crippen LogP contribution is -2.60. The molecule has 0 spiro atoms. The number of hydrogen-bond acceptors (Lipinski definition) is 9. The quantitative estimate of drug-likeness (QED) is 0.0417. The molecule has 12 N–H and O–H groups in total. The third-order valence-electron chi connectivity index (χ3n) is 4.44. The molecule has 3 amide bonds. The maximum Gasteiger partial charge on any atom is 0.327 e. The molecule has 0 bridgehead atoms. The van der Waals surface area contributed by atoms with Crippen LogP contribution in [-0.2, 0) is 24.0 Å². The smallest absolute Gasteiger partial charge is 0.327 e. The zero-order chi connectivity index (χ0) is 26.4. The predicted octanol–water partition coefficient (Wildman–Crippen LogP) is -3.92. The molecule has 0 aliphatic rings. The number of guanidine groups is 1. The molecule has 0 aliphatic carbocycles. The number of hydrogen-bond donors (Lipinski definition) is 10. The van der Waals surface area contributed by atoms with Crippen molar-refractivity contribution in [3.63, 3.8) is 0 Å². The van der Waals surface area contributed by atoms with Crippen LogP contribution < -0.4 is 33.2 Å². The van der Waals surface area contributed by atoms with Gasteiger partial charge in [0.05, 0.1) is 12.1 Å². The molecule has 0 aromatic rings. The minimum atomic E-state index is -1.59. The van der Waals surface area contributed by atoms with Gasteiger partial charge in [-0.25, -0.2) is 4.79 Å². The zero-order valence-electron chi connectivity index (χ0n) is 18.6. The number of carbonyl (C=O) groups is 5. The van der Waals surface area contributed by atoms with Crippen LogP contribution in [0, 0.1) is 0 Å². The highest BCUT2D eigenvalue weighted by molar-refractivity contribution is 7.80. The lowest BCUT2D eigenvalue weighted by molar-refractivity contribution is -0.142. The van der Waals surface area contributed by atoms with Crippen molar-refractivity contribution >= 4 is 48.2 Å². The van der Waals surface area contributed by atoms with E-state index < -0.39 is 66.4 Å². The van der Waals surface area contributed by atoms with Gasteiger partial charge in [-0.2, -0.15) is 12.6 Å². The number of aliphatic imine (C=N–C) groups is 1. The number of carbonyl (C=O) groups excluding carboxylic acids is 3. The zero-order valence-corrected chi connectivity index (χ0v) is 19.5. The van der Waals surface area contributed by atoms with Crippen molar-refractivity contribution in [2.45, 2.75) is 62.9 Å². The summed E-state index contributed by atoms with van der Waals surface area (Å²) >= 11 is 3.82. The van der Waals surface area contributed by atoms with Crippen LogP contribution in [0.5, 0.6) is 0 Å². The second-order valence-corrected chi connectivity index (χ2v) is 7.72. The molecule has 0 heterocycles. The number of nitrogens with zero attached hydrogens (tertiary/aromatic N) is 1. The first-order valence-electron chi connectivity index (χ1n) is 10.3. The number of aliphatic carboxylic acids is 2. The first-order chi connectivity index (χ1) is 15.8. The number of carboxylic acid groups (broad SMARTS) is 2. The standard InChI is InChI=1S/C18H33N7O8S/c1-8(26)13(16(31)24-11(7-34)17(32)33)25-15(30)10(4-5-12(27)28)23-14(29)9(19)3-2-6-22-18(20)21/h8-11,13,26,34H,2-7,19H2,1H3,(H,23,29)(H,24,31)(H,25,30)(H,27,28)(H,32,33)(H4,20,21,22). The van der Waals surface area contributed by atoms with Gasteiger partial charge in [0, 0.05) is 18.7 Å². The van der Waals surface area contributed by atoms with Gasteiger partial charge in [0.25, 0.3) is 0 Å². The topological polar surface area (TPSA) is 273 Å². The summed E-state index contributed by atoms with van der Waals surface area (Å²) in [4.78, 5) is 63.3.